The second-order valence-corrected chi connectivity index (χ2v) is 7.85. The number of Topliss-reactive ketones (excluding diaryl/α,β-unsaturated/α-hetero) is 1. The average molecular weight is 395 g/mol. The van der Waals surface area contributed by atoms with Crippen LogP contribution >= 0.6 is 0 Å². The zero-order valence-electron chi connectivity index (χ0n) is 16.9. The van der Waals surface area contributed by atoms with E-state index in [0.717, 1.165) is 40.6 Å². The number of ether oxygens (including phenoxy) is 1. The number of nitrogens with one attached hydrogen (secondary N) is 1. The van der Waals surface area contributed by atoms with Crippen LogP contribution in [-0.2, 0) is 4.79 Å². The van der Waals surface area contributed by atoms with Gasteiger partial charge in [0.15, 0.2) is 5.78 Å². The molecule has 0 bridgehead atoms. The molecular formula is C22H25N3O4. The summed E-state index contributed by atoms with van der Waals surface area (Å²) in [5.41, 5.74) is 2.32. The zero-order chi connectivity index (χ0) is 20.8. The molecule has 29 heavy (non-hydrogen) atoms. The molecule has 7 nitrogen and oxygen atoms in total. The van der Waals surface area contributed by atoms with Gasteiger partial charge in [-0.2, -0.15) is 0 Å². The van der Waals surface area contributed by atoms with Crippen LogP contribution in [0.5, 0.6) is 5.75 Å². The number of ketones is 1. The summed E-state index contributed by atoms with van der Waals surface area (Å²) in [5.74, 6) is 0.251. The van der Waals surface area contributed by atoms with Gasteiger partial charge in [0.05, 0.1) is 13.7 Å². The number of imide groups is 1. The predicted octanol–water partition coefficient (Wildman–Crippen LogP) is 3.15. The van der Waals surface area contributed by atoms with Gasteiger partial charge >= 0.3 is 6.03 Å². The van der Waals surface area contributed by atoms with Crippen molar-refractivity contribution in [1.82, 2.24) is 14.8 Å². The highest BCUT2D eigenvalue weighted by Crippen LogP contribution is 2.35. The van der Waals surface area contributed by atoms with E-state index in [1.807, 2.05) is 48.7 Å². The van der Waals surface area contributed by atoms with Crippen LogP contribution in [0.4, 0.5) is 4.79 Å². The molecule has 2 fully saturated rings. The van der Waals surface area contributed by atoms with E-state index in [-0.39, 0.29) is 18.2 Å². The first-order valence-electron chi connectivity index (χ1n) is 9.87. The minimum Gasteiger partial charge on any atom is -0.497 e. The van der Waals surface area contributed by atoms with Crippen molar-refractivity contribution >= 4 is 17.7 Å². The summed E-state index contributed by atoms with van der Waals surface area (Å²) in [5, 5.41) is 2.82. The van der Waals surface area contributed by atoms with E-state index < -0.39 is 11.6 Å². The number of carbonyl (C=O) groups is 3. The molecule has 1 aliphatic heterocycles. The van der Waals surface area contributed by atoms with Crippen molar-refractivity contribution in [3.8, 4) is 11.4 Å². The van der Waals surface area contributed by atoms with Crippen molar-refractivity contribution in [2.45, 2.75) is 45.1 Å². The molecule has 0 atom stereocenters. The van der Waals surface area contributed by atoms with Crippen molar-refractivity contribution in [2.75, 3.05) is 13.7 Å². The molecule has 2 aromatic rings. The van der Waals surface area contributed by atoms with E-state index in [2.05, 4.69) is 5.32 Å². The van der Waals surface area contributed by atoms with Crippen LogP contribution in [0.15, 0.2) is 30.3 Å². The van der Waals surface area contributed by atoms with Crippen molar-refractivity contribution in [1.29, 1.82) is 0 Å². The molecule has 1 N–H and O–H groups in total. The number of rotatable bonds is 5. The number of aryl methyl sites for hydroxylation is 1. The molecule has 2 heterocycles. The maximum atomic E-state index is 13.0. The van der Waals surface area contributed by atoms with Crippen molar-refractivity contribution < 1.29 is 19.1 Å². The third-order valence-corrected chi connectivity index (χ3v) is 6.07. The molecule has 152 valence electrons. The van der Waals surface area contributed by atoms with E-state index in [0.29, 0.717) is 18.4 Å². The SMILES string of the molecule is COc1ccc(-n2c(C)cc(C(=O)CN3C(=O)NC4(CCCC4)C3=O)c2C)cc1. The molecule has 0 radical (unpaired) electrons. The molecule has 1 saturated heterocycles. The summed E-state index contributed by atoms with van der Waals surface area (Å²) in [7, 11) is 1.61. The lowest BCUT2D eigenvalue weighted by atomic mass is 9.98. The van der Waals surface area contributed by atoms with Crippen molar-refractivity contribution in [3.05, 3.63) is 47.3 Å². The molecular weight excluding hydrogens is 370 g/mol. The number of hydrogen-bond donors (Lipinski definition) is 1. The molecule has 1 aliphatic carbocycles. The molecule has 0 unspecified atom stereocenters. The Kier molecular flexibility index (Phi) is 4.68. The fraction of sp³-hybridized carbons (Fsp3) is 0.409. The molecule has 7 heteroatoms. The summed E-state index contributed by atoms with van der Waals surface area (Å²) >= 11 is 0. The Balaban J connectivity index is 1.58. The molecule has 1 saturated carbocycles. The van der Waals surface area contributed by atoms with Gasteiger partial charge in [0.1, 0.15) is 11.3 Å². The van der Waals surface area contributed by atoms with Crippen LogP contribution in [0.25, 0.3) is 5.69 Å². The largest absolute Gasteiger partial charge is 0.497 e. The Hall–Kier alpha value is -3.09. The van der Waals surface area contributed by atoms with E-state index >= 15 is 0 Å². The van der Waals surface area contributed by atoms with Gasteiger partial charge in [0.2, 0.25) is 0 Å². The maximum Gasteiger partial charge on any atom is 0.325 e. The quantitative estimate of drug-likeness (QED) is 0.623. The summed E-state index contributed by atoms with van der Waals surface area (Å²) in [6.45, 7) is 3.56. The number of aromatic nitrogens is 1. The Bertz CT molecular complexity index is 984. The van der Waals surface area contributed by atoms with Crippen LogP contribution in [0, 0.1) is 13.8 Å². The van der Waals surface area contributed by atoms with Gasteiger partial charge < -0.3 is 14.6 Å². The van der Waals surface area contributed by atoms with Crippen LogP contribution in [0.2, 0.25) is 0 Å². The molecule has 1 aromatic carbocycles. The van der Waals surface area contributed by atoms with Gasteiger partial charge in [0.25, 0.3) is 5.91 Å². The molecule has 1 aromatic heterocycles. The minimum atomic E-state index is -0.794. The average Bonchev–Trinajstić information content (AvgIpc) is 3.36. The third kappa shape index (κ3) is 3.10. The monoisotopic (exact) mass is 395 g/mol. The first kappa shape index (κ1) is 19.2. The van der Waals surface area contributed by atoms with Gasteiger partial charge in [-0.3, -0.25) is 14.5 Å². The Morgan fingerprint density at radius 3 is 2.41 bits per heavy atom. The summed E-state index contributed by atoms with van der Waals surface area (Å²) in [6, 6.07) is 8.93. The predicted molar refractivity (Wildman–Crippen MR) is 108 cm³/mol. The number of nitrogens with zero attached hydrogens (tertiary/aromatic N) is 2. The van der Waals surface area contributed by atoms with Gasteiger partial charge in [-0.15, -0.1) is 0 Å². The first-order valence-corrected chi connectivity index (χ1v) is 9.87. The second kappa shape index (κ2) is 7.06. The summed E-state index contributed by atoms with van der Waals surface area (Å²) < 4.78 is 7.19. The number of urea groups is 1. The molecule has 2 aliphatic rings. The maximum absolute atomic E-state index is 13.0. The fourth-order valence-corrected chi connectivity index (χ4v) is 4.54. The van der Waals surface area contributed by atoms with E-state index in [1.54, 1.807) is 7.11 Å². The number of methoxy groups -OCH3 is 1. The Morgan fingerprint density at radius 2 is 1.79 bits per heavy atom. The lowest BCUT2D eigenvalue weighted by Crippen LogP contribution is -2.44. The van der Waals surface area contributed by atoms with Crippen LogP contribution < -0.4 is 10.1 Å². The smallest absolute Gasteiger partial charge is 0.325 e. The van der Waals surface area contributed by atoms with Gasteiger partial charge in [0, 0.05) is 22.6 Å². The van der Waals surface area contributed by atoms with Gasteiger partial charge in [-0.1, -0.05) is 12.8 Å². The van der Waals surface area contributed by atoms with E-state index in [9.17, 15) is 14.4 Å². The van der Waals surface area contributed by atoms with E-state index in [1.165, 1.54) is 0 Å². The molecule has 4 rings (SSSR count). The number of carbonyl (C=O) groups excluding carboxylic acids is 3. The molecule has 1 spiro atoms. The molecule has 3 amide bonds. The number of amides is 3. The Morgan fingerprint density at radius 1 is 1.14 bits per heavy atom. The number of hydrogen-bond acceptors (Lipinski definition) is 4. The van der Waals surface area contributed by atoms with Gasteiger partial charge in [-0.05, 0) is 57.0 Å². The van der Waals surface area contributed by atoms with Crippen LogP contribution in [0.3, 0.4) is 0 Å². The lowest BCUT2D eigenvalue weighted by molar-refractivity contribution is -0.130. The van der Waals surface area contributed by atoms with Crippen LogP contribution in [0.1, 0.15) is 47.4 Å². The van der Waals surface area contributed by atoms with Crippen LogP contribution in [-0.4, -0.2) is 46.4 Å². The fourth-order valence-electron chi connectivity index (χ4n) is 4.54. The topological polar surface area (TPSA) is 80.6 Å². The highest BCUT2D eigenvalue weighted by Gasteiger charge is 2.52. The minimum absolute atomic E-state index is 0.237. The highest BCUT2D eigenvalue weighted by molar-refractivity contribution is 6.11. The van der Waals surface area contributed by atoms with E-state index in [4.69, 9.17) is 4.74 Å². The van der Waals surface area contributed by atoms with Gasteiger partial charge in [-0.25, -0.2) is 4.79 Å². The van der Waals surface area contributed by atoms with Crippen molar-refractivity contribution in [3.63, 3.8) is 0 Å². The second-order valence-electron chi connectivity index (χ2n) is 7.85. The summed E-state index contributed by atoms with van der Waals surface area (Å²) in [4.78, 5) is 39.3. The lowest BCUT2D eigenvalue weighted by Gasteiger charge is -2.19. The Labute approximate surface area is 169 Å². The highest BCUT2D eigenvalue weighted by atomic mass is 16.5. The normalized spacial score (nSPS) is 17.8. The van der Waals surface area contributed by atoms with Crippen molar-refractivity contribution in [2.24, 2.45) is 0 Å². The summed E-state index contributed by atoms with van der Waals surface area (Å²) in [6.07, 6.45) is 3.12. The third-order valence-electron chi connectivity index (χ3n) is 6.07. The standard InChI is InChI=1S/C22H25N3O4/c1-14-12-18(15(2)25(14)16-6-8-17(29-3)9-7-16)19(26)13-24-20(27)22(23-21(24)28)10-4-5-11-22/h6-9,12H,4-5,10-11,13H2,1-3H3,(H,23,28). The zero-order valence-corrected chi connectivity index (χ0v) is 16.9. The number of benzene rings is 1. The first-order chi connectivity index (χ1) is 13.9.